The van der Waals surface area contributed by atoms with E-state index in [0.717, 1.165) is 16.8 Å². The summed E-state index contributed by atoms with van der Waals surface area (Å²) >= 11 is 1.22. The zero-order chi connectivity index (χ0) is 23.0. The molecule has 0 aliphatic rings. The summed E-state index contributed by atoms with van der Waals surface area (Å²) in [5.41, 5.74) is 3.75. The van der Waals surface area contributed by atoms with Crippen molar-refractivity contribution in [2.24, 2.45) is 0 Å². The Labute approximate surface area is 195 Å². The van der Waals surface area contributed by atoms with Crippen LogP contribution < -0.4 is 10.6 Å². The van der Waals surface area contributed by atoms with Crippen molar-refractivity contribution < 1.29 is 9.59 Å². The van der Waals surface area contributed by atoms with Crippen LogP contribution in [0.5, 0.6) is 0 Å². The van der Waals surface area contributed by atoms with Gasteiger partial charge in [-0.15, -0.1) is 5.10 Å². The van der Waals surface area contributed by atoms with Gasteiger partial charge in [0.05, 0.1) is 22.7 Å². The predicted octanol–water partition coefficient (Wildman–Crippen LogP) is 3.63. The second-order valence-electron chi connectivity index (χ2n) is 7.26. The van der Waals surface area contributed by atoms with E-state index in [-0.39, 0.29) is 17.6 Å². The van der Waals surface area contributed by atoms with Gasteiger partial charge in [0.2, 0.25) is 11.1 Å². The van der Waals surface area contributed by atoms with Gasteiger partial charge in [0.25, 0.3) is 5.91 Å². The lowest BCUT2D eigenvalue weighted by Crippen LogP contribution is -2.25. The van der Waals surface area contributed by atoms with Gasteiger partial charge in [-0.2, -0.15) is 4.68 Å². The summed E-state index contributed by atoms with van der Waals surface area (Å²) in [6.45, 7) is 2.39. The van der Waals surface area contributed by atoms with Crippen LogP contribution in [0, 0.1) is 6.92 Å². The van der Waals surface area contributed by atoms with Crippen molar-refractivity contribution in [3.63, 3.8) is 0 Å². The van der Waals surface area contributed by atoms with Gasteiger partial charge in [0.1, 0.15) is 0 Å². The Morgan fingerprint density at radius 2 is 1.76 bits per heavy atom. The van der Waals surface area contributed by atoms with Crippen molar-refractivity contribution in [2.75, 3.05) is 11.1 Å². The number of amides is 2. The molecule has 33 heavy (non-hydrogen) atoms. The molecule has 0 atom stereocenters. The third-order valence-electron chi connectivity index (χ3n) is 4.76. The summed E-state index contributed by atoms with van der Waals surface area (Å²) < 4.78 is 1.59. The van der Waals surface area contributed by atoms with E-state index < -0.39 is 0 Å². The van der Waals surface area contributed by atoms with Crippen molar-refractivity contribution in [3.8, 4) is 5.69 Å². The monoisotopic (exact) mass is 458 g/mol. The Balaban J connectivity index is 1.38. The topological polar surface area (TPSA) is 102 Å². The van der Waals surface area contributed by atoms with E-state index in [1.54, 1.807) is 28.9 Å². The van der Waals surface area contributed by atoms with Gasteiger partial charge in [-0.25, -0.2) is 0 Å². The number of aryl methyl sites for hydroxylation is 1. The number of carbonyl (C=O) groups excluding carboxylic acids is 2. The van der Waals surface area contributed by atoms with E-state index in [9.17, 15) is 9.59 Å². The van der Waals surface area contributed by atoms with Crippen molar-refractivity contribution in [3.05, 3.63) is 95.6 Å². The molecule has 0 aliphatic carbocycles. The van der Waals surface area contributed by atoms with Gasteiger partial charge >= 0.3 is 0 Å². The molecule has 2 amide bonds. The molecule has 4 rings (SSSR count). The molecule has 1 aromatic heterocycles. The number of para-hydroxylation sites is 1. The van der Waals surface area contributed by atoms with Crippen molar-refractivity contribution >= 4 is 29.3 Å². The summed E-state index contributed by atoms with van der Waals surface area (Å²) in [5.74, 6) is -0.431. The van der Waals surface area contributed by atoms with Crippen LogP contribution in [0.2, 0.25) is 0 Å². The number of tetrazole rings is 1. The number of hydrogen-bond donors (Lipinski definition) is 2. The van der Waals surface area contributed by atoms with Gasteiger partial charge in [-0.1, -0.05) is 66.4 Å². The Hall–Kier alpha value is -3.98. The summed E-state index contributed by atoms with van der Waals surface area (Å²) in [6.07, 6.45) is 0. The molecule has 1 heterocycles. The lowest BCUT2D eigenvalue weighted by molar-refractivity contribution is -0.113. The summed E-state index contributed by atoms with van der Waals surface area (Å²) in [6, 6.07) is 24.3. The van der Waals surface area contributed by atoms with Crippen LogP contribution in [-0.2, 0) is 11.3 Å². The number of aromatic nitrogens is 4. The van der Waals surface area contributed by atoms with E-state index in [1.807, 2.05) is 61.5 Å². The van der Waals surface area contributed by atoms with Crippen LogP contribution in [0.4, 0.5) is 5.69 Å². The van der Waals surface area contributed by atoms with Gasteiger partial charge < -0.3 is 10.6 Å². The quantitative estimate of drug-likeness (QED) is 0.391. The maximum absolute atomic E-state index is 12.7. The number of thioether (sulfide) groups is 1. The van der Waals surface area contributed by atoms with Crippen molar-refractivity contribution in [1.29, 1.82) is 0 Å². The highest BCUT2D eigenvalue weighted by Gasteiger charge is 2.15. The highest BCUT2D eigenvalue weighted by molar-refractivity contribution is 7.99. The standard InChI is InChI=1S/C24H22N6O2S/c1-17-8-7-11-19(14-17)30-24(27-28-29-30)33-16-22(31)26-21-13-6-5-12-20(21)23(32)25-15-18-9-3-2-4-10-18/h2-14H,15-16H2,1H3,(H,25,32)(H,26,31). The number of nitrogens with one attached hydrogen (secondary N) is 2. The Kier molecular flexibility index (Phi) is 7.11. The third-order valence-corrected chi connectivity index (χ3v) is 5.68. The first-order valence-electron chi connectivity index (χ1n) is 10.3. The van der Waals surface area contributed by atoms with E-state index >= 15 is 0 Å². The minimum atomic E-state index is -0.262. The fraction of sp³-hybridized carbons (Fsp3) is 0.125. The largest absolute Gasteiger partial charge is 0.348 e. The van der Waals surface area contributed by atoms with E-state index in [1.165, 1.54) is 11.8 Å². The Morgan fingerprint density at radius 3 is 2.58 bits per heavy atom. The molecule has 0 unspecified atom stereocenters. The molecule has 0 bridgehead atoms. The first-order valence-corrected chi connectivity index (χ1v) is 11.3. The molecule has 0 aliphatic heterocycles. The minimum absolute atomic E-state index is 0.0894. The number of carbonyl (C=O) groups is 2. The summed E-state index contributed by atoms with van der Waals surface area (Å²) in [5, 5.41) is 18.0. The van der Waals surface area contributed by atoms with Crippen molar-refractivity contribution in [1.82, 2.24) is 25.5 Å². The van der Waals surface area contributed by atoms with E-state index in [4.69, 9.17) is 0 Å². The molecule has 0 saturated carbocycles. The zero-order valence-electron chi connectivity index (χ0n) is 17.9. The molecule has 3 aromatic carbocycles. The van der Waals surface area contributed by atoms with Crippen molar-refractivity contribution in [2.45, 2.75) is 18.6 Å². The normalized spacial score (nSPS) is 10.6. The molecule has 166 valence electrons. The van der Waals surface area contributed by atoms with Gasteiger partial charge in [0, 0.05) is 6.54 Å². The Morgan fingerprint density at radius 1 is 0.970 bits per heavy atom. The highest BCUT2D eigenvalue weighted by Crippen LogP contribution is 2.20. The lowest BCUT2D eigenvalue weighted by Gasteiger charge is -2.11. The molecule has 0 spiro atoms. The van der Waals surface area contributed by atoms with Crippen LogP contribution in [0.25, 0.3) is 5.69 Å². The van der Waals surface area contributed by atoms with E-state index in [0.29, 0.717) is 23.0 Å². The average Bonchev–Trinajstić information content (AvgIpc) is 3.31. The highest BCUT2D eigenvalue weighted by atomic mass is 32.2. The molecule has 8 nitrogen and oxygen atoms in total. The van der Waals surface area contributed by atoms with Crippen LogP contribution in [0.1, 0.15) is 21.5 Å². The molecule has 0 radical (unpaired) electrons. The number of anilines is 1. The smallest absolute Gasteiger partial charge is 0.253 e. The molecule has 2 N–H and O–H groups in total. The van der Waals surface area contributed by atoms with Crippen LogP contribution in [0.3, 0.4) is 0 Å². The van der Waals surface area contributed by atoms with Crippen LogP contribution in [-0.4, -0.2) is 37.8 Å². The Bertz CT molecular complexity index is 1260. The summed E-state index contributed by atoms with van der Waals surface area (Å²) in [4.78, 5) is 25.3. The average molecular weight is 459 g/mol. The fourth-order valence-corrected chi connectivity index (χ4v) is 3.86. The first kappa shape index (κ1) is 22.2. The fourth-order valence-electron chi connectivity index (χ4n) is 3.17. The zero-order valence-corrected chi connectivity index (χ0v) is 18.7. The maximum Gasteiger partial charge on any atom is 0.253 e. The van der Waals surface area contributed by atoms with E-state index in [2.05, 4.69) is 26.2 Å². The number of benzene rings is 3. The van der Waals surface area contributed by atoms with Gasteiger partial charge in [-0.3, -0.25) is 9.59 Å². The molecule has 0 fully saturated rings. The lowest BCUT2D eigenvalue weighted by atomic mass is 10.1. The number of nitrogens with zero attached hydrogens (tertiary/aromatic N) is 4. The van der Waals surface area contributed by atoms with Gasteiger partial charge in [0.15, 0.2) is 0 Å². The second-order valence-corrected chi connectivity index (χ2v) is 8.21. The summed E-state index contributed by atoms with van der Waals surface area (Å²) in [7, 11) is 0. The van der Waals surface area contributed by atoms with Crippen LogP contribution >= 0.6 is 11.8 Å². The minimum Gasteiger partial charge on any atom is -0.348 e. The predicted molar refractivity (Wildman–Crippen MR) is 127 cm³/mol. The molecular weight excluding hydrogens is 436 g/mol. The second kappa shape index (κ2) is 10.6. The molecule has 9 heteroatoms. The molecule has 0 saturated heterocycles. The maximum atomic E-state index is 12.7. The number of rotatable bonds is 8. The number of hydrogen-bond acceptors (Lipinski definition) is 6. The first-order chi connectivity index (χ1) is 16.1. The SMILES string of the molecule is Cc1cccc(-n2nnnc2SCC(=O)Nc2ccccc2C(=O)NCc2ccccc2)c1. The van der Waals surface area contributed by atoms with Crippen LogP contribution in [0.15, 0.2) is 84.0 Å². The third kappa shape index (κ3) is 5.83. The molecular formula is C24H22N6O2S. The molecule has 4 aromatic rings. The van der Waals surface area contributed by atoms with Gasteiger partial charge in [-0.05, 0) is 52.7 Å².